The van der Waals surface area contributed by atoms with Crippen LogP contribution in [0.1, 0.15) is 12.8 Å². The van der Waals surface area contributed by atoms with Crippen molar-refractivity contribution in [2.75, 3.05) is 25.1 Å². The Labute approximate surface area is 155 Å². The van der Waals surface area contributed by atoms with Crippen molar-refractivity contribution in [3.8, 4) is 33.3 Å². The van der Waals surface area contributed by atoms with Gasteiger partial charge in [-0.05, 0) is 37.1 Å². The molecule has 1 aromatic heterocycles. The number of anilines is 1. The molecule has 0 amide bonds. The molecular weight excluding hydrogens is 351 g/mol. The number of methoxy groups -OCH3 is 1. The second kappa shape index (κ2) is 6.96. The van der Waals surface area contributed by atoms with Crippen molar-refractivity contribution >= 4 is 17.0 Å². The first-order valence-electron chi connectivity index (χ1n) is 8.53. The third-order valence-corrected chi connectivity index (χ3v) is 5.53. The summed E-state index contributed by atoms with van der Waals surface area (Å²) in [5.41, 5.74) is 3.71. The molecule has 4 nitrogen and oxygen atoms in total. The zero-order valence-corrected chi connectivity index (χ0v) is 15.2. The minimum atomic E-state index is -0.717. The second-order valence-corrected chi connectivity index (χ2v) is 7.15. The molecule has 0 aliphatic carbocycles. The summed E-state index contributed by atoms with van der Waals surface area (Å²) in [4.78, 5) is 7.02. The Hall–Kier alpha value is -2.60. The number of aromatic nitrogens is 1. The van der Waals surface area contributed by atoms with Crippen molar-refractivity contribution in [1.29, 1.82) is 0 Å². The molecule has 0 bridgehead atoms. The third kappa shape index (κ3) is 3.12. The van der Waals surface area contributed by atoms with Crippen molar-refractivity contribution in [2.24, 2.45) is 0 Å². The lowest BCUT2D eigenvalue weighted by atomic mass is 10.1. The van der Waals surface area contributed by atoms with E-state index in [1.807, 2.05) is 5.38 Å². The van der Waals surface area contributed by atoms with Crippen LogP contribution >= 0.6 is 11.3 Å². The lowest BCUT2D eigenvalue weighted by Crippen LogP contribution is -2.17. The van der Waals surface area contributed by atoms with Crippen molar-refractivity contribution in [3.05, 3.63) is 47.6 Å². The Balaban J connectivity index is 1.61. The van der Waals surface area contributed by atoms with Gasteiger partial charge in [-0.3, -0.25) is 0 Å². The molecule has 2 heterocycles. The van der Waals surface area contributed by atoms with Crippen LogP contribution in [-0.2, 0) is 0 Å². The topological polar surface area (TPSA) is 45.6 Å². The first-order chi connectivity index (χ1) is 12.7. The van der Waals surface area contributed by atoms with Crippen LogP contribution in [0.15, 0.2) is 41.8 Å². The van der Waals surface area contributed by atoms with E-state index in [0.717, 1.165) is 24.3 Å². The smallest absolute Gasteiger partial charge is 0.194 e. The summed E-state index contributed by atoms with van der Waals surface area (Å²) >= 11 is 1.44. The highest BCUT2D eigenvalue weighted by molar-refractivity contribution is 7.13. The quantitative estimate of drug-likeness (QED) is 0.707. The number of hydrogen-bond donors (Lipinski definition) is 1. The maximum absolute atomic E-state index is 13.9. The molecule has 134 valence electrons. The average Bonchev–Trinajstić information content (AvgIpc) is 3.36. The Bertz CT molecular complexity index is 918. The van der Waals surface area contributed by atoms with E-state index in [0.29, 0.717) is 10.6 Å². The van der Waals surface area contributed by atoms with Crippen LogP contribution in [0, 0.1) is 5.82 Å². The van der Waals surface area contributed by atoms with Gasteiger partial charge in [0.25, 0.3) is 0 Å². The minimum absolute atomic E-state index is 0.103. The first kappa shape index (κ1) is 16.8. The van der Waals surface area contributed by atoms with Gasteiger partial charge in [-0.2, -0.15) is 0 Å². The fraction of sp³-hybridized carbons (Fsp3) is 0.250. The normalized spacial score (nSPS) is 14.0. The monoisotopic (exact) mass is 370 g/mol. The molecule has 26 heavy (non-hydrogen) atoms. The molecule has 2 aromatic carbocycles. The molecule has 0 spiro atoms. The van der Waals surface area contributed by atoms with E-state index in [2.05, 4.69) is 34.1 Å². The van der Waals surface area contributed by atoms with Gasteiger partial charge >= 0.3 is 0 Å². The molecule has 6 heteroatoms. The highest BCUT2D eigenvalue weighted by Crippen LogP contribution is 2.37. The van der Waals surface area contributed by atoms with E-state index in [1.54, 1.807) is 6.07 Å². The Morgan fingerprint density at radius 2 is 1.85 bits per heavy atom. The Morgan fingerprint density at radius 1 is 1.12 bits per heavy atom. The predicted molar refractivity (Wildman–Crippen MR) is 103 cm³/mol. The highest BCUT2D eigenvalue weighted by Gasteiger charge is 2.15. The maximum Gasteiger partial charge on any atom is 0.194 e. The van der Waals surface area contributed by atoms with Gasteiger partial charge in [-0.1, -0.05) is 12.1 Å². The van der Waals surface area contributed by atoms with E-state index in [1.165, 1.54) is 43.0 Å². The van der Waals surface area contributed by atoms with E-state index in [4.69, 9.17) is 4.74 Å². The van der Waals surface area contributed by atoms with Gasteiger partial charge in [0.05, 0.1) is 12.8 Å². The van der Waals surface area contributed by atoms with E-state index >= 15 is 0 Å². The van der Waals surface area contributed by atoms with Crippen LogP contribution in [0.25, 0.3) is 21.8 Å². The highest BCUT2D eigenvalue weighted by atomic mass is 32.1. The SMILES string of the molecule is COc1cc(-c2nc(-c3ccc(N4CCCC4)cc3)cs2)cc(F)c1O. The first-order valence-corrected chi connectivity index (χ1v) is 9.41. The number of phenolic OH excluding ortho intramolecular Hbond substituents is 1. The number of ether oxygens (including phenoxy) is 1. The molecule has 0 saturated carbocycles. The molecule has 1 saturated heterocycles. The third-order valence-electron chi connectivity index (χ3n) is 4.63. The molecule has 3 aromatic rings. The number of aromatic hydroxyl groups is 1. The zero-order valence-electron chi connectivity index (χ0n) is 14.4. The van der Waals surface area contributed by atoms with E-state index in [9.17, 15) is 9.50 Å². The van der Waals surface area contributed by atoms with Crippen LogP contribution in [-0.4, -0.2) is 30.3 Å². The van der Waals surface area contributed by atoms with Crippen molar-refractivity contribution in [1.82, 2.24) is 4.98 Å². The summed E-state index contributed by atoms with van der Waals surface area (Å²) in [7, 11) is 1.40. The van der Waals surface area contributed by atoms with Gasteiger partial charge in [0.1, 0.15) is 5.01 Å². The van der Waals surface area contributed by atoms with Crippen molar-refractivity contribution in [3.63, 3.8) is 0 Å². The lowest BCUT2D eigenvalue weighted by Gasteiger charge is -2.17. The summed E-state index contributed by atoms with van der Waals surface area (Å²) in [6.07, 6.45) is 2.51. The molecule has 4 rings (SSSR count). The number of rotatable bonds is 4. The maximum atomic E-state index is 13.9. The Morgan fingerprint density at radius 3 is 2.54 bits per heavy atom. The minimum Gasteiger partial charge on any atom is -0.502 e. The number of thiazole rings is 1. The Kier molecular flexibility index (Phi) is 4.51. The predicted octanol–water partition coefficient (Wildman–Crippen LogP) is 4.93. The molecule has 1 N–H and O–H groups in total. The largest absolute Gasteiger partial charge is 0.502 e. The van der Waals surface area contributed by atoms with Gasteiger partial charge < -0.3 is 14.7 Å². The van der Waals surface area contributed by atoms with Crippen molar-refractivity contribution in [2.45, 2.75) is 12.8 Å². The number of halogens is 1. The molecule has 0 radical (unpaired) electrons. The fourth-order valence-corrected chi connectivity index (χ4v) is 4.03. The molecule has 1 aliphatic heterocycles. The lowest BCUT2D eigenvalue weighted by molar-refractivity contribution is 0.357. The van der Waals surface area contributed by atoms with Gasteiger partial charge in [0.15, 0.2) is 17.3 Å². The molecule has 0 unspecified atom stereocenters. The molecule has 1 fully saturated rings. The number of benzene rings is 2. The average molecular weight is 370 g/mol. The number of hydrogen-bond acceptors (Lipinski definition) is 5. The van der Waals surface area contributed by atoms with Gasteiger partial charge in [-0.15, -0.1) is 11.3 Å². The standard InChI is InChI=1S/C20H19FN2O2S/c1-25-18-11-14(10-16(21)19(18)24)20-22-17(12-26-20)13-4-6-15(7-5-13)23-8-2-3-9-23/h4-7,10-12,24H,2-3,8-9H2,1H3. The molecule has 1 aliphatic rings. The van der Waals surface area contributed by atoms with E-state index in [-0.39, 0.29) is 5.75 Å². The van der Waals surface area contributed by atoms with E-state index < -0.39 is 11.6 Å². The second-order valence-electron chi connectivity index (χ2n) is 6.29. The van der Waals surface area contributed by atoms with Crippen LogP contribution in [0.5, 0.6) is 11.5 Å². The summed E-state index contributed by atoms with van der Waals surface area (Å²) in [5, 5.41) is 12.3. The summed E-state index contributed by atoms with van der Waals surface area (Å²) in [6.45, 7) is 2.24. The van der Waals surface area contributed by atoms with Gasteiger partial charge in [-0.25, -0.2) is 9.37 Å². The fourth-order valence-electron chi connectivity index (χ4n) is 3.21. The summed E-state index contributed by atoms with van der Waals surface area (Å²) in [5.74, 6) is -1.09. The van der Waals surface area contributed by atoms with Crippen LogP contribution in [0.3, 0.4) is 0 Å². The summed E-state index contributed by atoms with van der Waals surface area (Å²) in [6, 6.07) is 11.3. The van der Waals surface area contributed by atoms with Crippen LogP contribution in [0.2, 0.25) is 0 Å². The molecule has 0 atom stereocenters. The van der Waals surface area contributed by atoms with Crippen molar-refractivity contribution < 1.29 is 14.2 Å². The van der Waals surface area contributed by atoms with Gasteiger partial charge in [0, 0.05) is 35.3 Å². The molecular formula is C20H19FN2O2S. The number of nitrogens with zero attached hydrogens (tertiary/aromatic N) is 2. The van der Waals surface area contributed by atoms with Crippen LogP contribution < -0.4 is 9.64 Å². The van der Waals surface area contributed by atoms with Crippen LogP contribution in [0.4, 0.5) is 10.1 Å². The summed E-state index contributed by atoms with van der Waals surface area (Å²) < 4.78 is 18.9. The van der Waals surface area contributed by atoms with Gasteiger partial charge in [0.2, 0.25) is 0 Å². The zero-order chi connectivity index (χ0) is 18.1. The number of phenols is 1.